The van der Waals surface area contributed by atoms with Gasteiger partial charge < -0.3 is 10.6 Å². The van der Waals surface area contributed by atoms with Crippen molar-refractivity contribution in [1.29, 1.82) is 0 Å². The normalized spacial score (nSPS) is 26.8. The Bertz CT molecular complexity index is 294. The van der Waals surface area contributed by atoms with Crippen molar-refractivity contribution in [2.24, 2.45) is 17.3 Å². The van der Waals surface area contributed by atoms with E-state index in [2.05, 4.69) is 17.6 Å². The van der Waals surface area contributed by atoms with Crippen LogP contribution in [-0.4, -0.2) is 32.1 Å². The Balaban J connectivity index is 0.000000371. The average Bonchev–Trinajstić information content (AvgIpc) is 2.95. The van der Waals surface area contributed by atoms with Crippen molar-refractivity contribution in [3.63, 3.8) is 0 Å². The lowest BCUT2D eigenvalue weighted by Gasteiger charge is -2.50. The highest BCUT2D eigenvalue weighted by atomic mass is 19.3. The molecular formula is C20H42F2N2. The fourth-order valence-electron chi connectivity index (χ4n) is 3.97. The quantitative estimate of drug-likeness (QED) is 0.690. The van der Waals surface area contributed by atoms with E-state index in [-0.39, 0.29) is 6.54 Å². The van der Waals surface area contributed by atoms with Crippen molar-refractivity contribution in [2.45, 2.75) is 86.0 Å². The molecule has 2 heterocycles. The Hall–Kier alpha value is -0.220. The molecule has 0 aromatic heterocycles. The molecule has 2 nitrogen and oxygen atoms in total. The van der Waals surface area contributed by atoms with Gasteiger partial charge in [0.15, 0.2) is 0 Å². The Morgan fingerprint density at radius 2 is 1.42 bits per heavy atom. The van der Waals surface area contributed by atoms with Gasteiger partial charge in [0.25, 0.3) is 5.92 Å². The molecule has 3 fully saturated rings. The van der Waals surface area contributed by atoms with Crippen LogP contribution in [0.1, 0.15) is 80.1 Å². The first-order valence-electron chi connectivity index (χ1n) is 10.3. The highest BCUT2D eigenvalue weighted by Gasteiger charge is 2.43. The van der Waals surface area contributed by atoms with E-state index in [0.717, 1.165) is 11.3 Å². The molecule has 0 aromatic rings. The van der Waals surface area contributed by atoms with Gasteiger partial charge in [0.1, 0.15) is 0 Å². The summed E-state index contributed by atoms with van der Waals surface area (Å²) in [5, 5.41) is 6.10. The second-order valence-corrected chi connectivity index (χ2v) is 6.93. The molecule has 0 bridgehead atoms. The van der Waals surface area contributed by atoms with E-state index in [1.807, 2.05) is 27.7 Å². The van der Waals surface area contributed by atoms with Gasteiger partial charge in [0.2, 0.25) is 0 Å². The predicted octanol–water partition coefficient (Wildman–Crippen LogP) is 5.48. The summed E-state index contributed by atoms with van der Waals surface area (Å²) in [5.74, 6) is -1.81. The number of hydrogen-bond acceptors (Lipinski definition) is 2. The largest absolute Gasteiger partial charge is 0.317 e. The zero-order valence-corrected chi connectivity index (χ0v) is 17.0. The van der Waals surface area contributed by atoms with Crippen LogP contribution in [0.4, 0.5) is 8.78 Å². The third-order valence-electron chi connectivity index (χ3n) is 5.53. The highest BCUT2D eigenvalue weighted by molar-refractivity contribution is 4.95. The van der Waals surface area contributed by atoms with Gasteiger partial charge in [-0.2, -0.15) is 0 Å². The van der Waals surface area contributed by atoms with Crippen LogP contribution in [0, 0.1) is 17.3 Å². The molecular weight excluding hydrogens is 306 g/mol. The Morgan fingerprint density at radius 3 is 1.75 bits per heavy atom. The minimum absolute atomic E-state index is 0.133. The van der Waals surface area contributed by atoms with Crippen molar-refractivity contribution in [3.05, 3.63) is 0 Å². The molecule has 1 unspecified atom stereocenters. The molecule has 146 valence electrons. The van der Waals surface area contributed by atoms with E-state index < -0.39 is 11.8 Å². The van der Waals surface area contributed by atoms with E-state index in [0.29, 0.717) is 13.0 Å². The molecule has 4 heteroatoms. The second kappa shape index (κ2) is 12.2. The van der Waals surface area contributed by atoms with Crippen molar-refractivity contribution in [1.82, 2.24) is 10.6 Å². The lowest BCUT2D eigenvalue weighted by Crippen LogP contribution is -2.45. The molecule has 0 radical (unpaired) electrons. The van der Waals surface area contributed by atoms with Gasteiger partial charge in [-0.3, -0.25) is 0 Å². The highest BCUT2D eigenvalue weighted by Crippen LogP contribution is 2.52. The van der Waals surface area contributed by atoms with Crippen LogP contribution in [-0.2, 0) is 0 Å². The molecule has 0 aromatic carbocycles. The van der Waals surface area contributed by atoms with Crippen LogP contribution in [0.25, 0.3) is 0 Å². The number of hydrogen-bond donors (Lipinski definition) is 2. The molecule has 3 rings (SSSR count). The van der Waals surface area contributed by atoms with E-state index >= 15 is 0 Å². The summed E-state index contributed by atoms with van der Waals surface area (Å²) in [7, 11) is 0. The van der Waals surface area contributed by atoms with Crippen molar-refractivity contribution >= 4 is 0 Å². The first-order chi connectivity index (χ1) is 11.5. The summed E-state index contributed by atoms with van der Waals surface area (Å²) < 4.78 is 25.1. The Kier molecular flexibility index (Phi) is 12.1. The maximum atomic E-state index is 12.5. The zero-order valence-electron chi connectivity index (χ0n) is 17.0. The van der Waals surface area contributed by atoms with Crippen molar-refractivity contribution in [3.8, 4) is 0 Å². The van der Waals surface area contributed by atoms with Crippen LogP contribution in [0.2, 0.25) is 0 Å². The standard InChI is InChI=1S/C10H19N.C6H11F2N.2C2H6/c1-2-9-7-10(8-9)3-5-11-6-4-10;1-2-5-3-9-4-6(5,7)8;2*1-2/h9,11H,2-8H2,1H3;5,9H,2-4H2,1H3;2*1-2H3. The van der Waals surface area contributed by atoms with Crippen LogP contribution >= 0.6 is 0 Å². The first kappa shape index (κ1) is 23.8. The lowest BCUT2D eigenvalue weighted by molar-refractivity contribution is -0.0226. The van der Waals surface area contributed by atoms with Crippen molar-refractivity contribution < 1.29 is 8.78 Å². The van der Waals surface area contributed by atoms with E-state index in [4.69, 9.17) is 0 Å². The van der Waals surface area contributed by atoms with Gasteiger partial charge in [0.05, 0.1) is 6.54 Å². The molecule has 1 saturated carbocycles. The molecule has 1 spiro atoms. The monoisotopic (exact) mass is 348 g/mol. The van der Waals surface area contributed by atoms with Gasteiger partial charge in [-0.25, -0.2) is 8.78 Å². The molecule has 2 saturated heterocycles. The molecule has 2 N–H and O–H groups in total. The lowest BCUT2D eigenvalue weighted by atomic mass is 9.57. The maximum Gasteiger partial charge on any atom is 0.264 e. The Morgan fingerprint density at radius 1 is 0.875 bits per heavy atom. The molecule has 2 aliphatic heterocycles. The predicted molar refractivity (Wildman–Crippen MR) is 102 cm³/mol. The van der Waals surface area contributed by atoms with Crippen molar-refractivity contribution in [2.75, 3.05) is 26.2 Å². The smallest absolute Gasteiger partial charge is 0.264 e. The van der Waals surface area contributed by atoms with Crippen LogP contribution in [0.5, 0.6) is 0 Å². The number of alkyl halides is 2. The van der Waals surface area contributed by atoms with Crippen LogP contribution in [0.3, 0.4) is 0 Å². The molecule has 1 atom stereocenters. The summed E-state index contributed by atoms with van der Waals surface area (Å²) in [6.07, 6.45) is 7.94. The number of halogens is 2. The van der Waals surface area contributed by atoms with Gasteiger partial charge in [-0.15, -0.1) is 0 Å². The second-order valence-electron chi connectivity index (χ2n) is 6.93. The first-order valence-corrected chi connectivity index (χ1v) is 10.3. The summed E-state index contributed by atoms with van der Waals surface area (Å²) in [6, 6.07) is 0. The van der Waals surface area contributed by atoms with Gasteiger partial charge in [0, 0.05) is 12.5 Å². The van der Waals surface area contributed by atoms with E-state index in [1.54, 1.807) is 6.92 Å². The van der Waals surface area contributed by atoms with E-state index in [9.17, 15) is 8.78 Å². The average molecular weight is 349 g/mol. The summed E-state index contributed by atoms with van der Waals surface area (Å²) >= 11 is 0. The molecule has 0 amide bonds. The summed E-state index contributed by atoms with van der Waals surface area (Å²) in [4.78, 5) is 0. The minimum atomic E-state index is -2.45. The number of piperidine rings is 1. The SMILES string of the molecule is CC.CC.CCC1CC2(CCNCC2)C1.CCC1CNCC1(F)F. The minimum Gasteiger partial charge on any atom is -0.317 e. The fourth-order valence-corrected chi connectivity index (χ4v) is 3.97. The zero-order chi connectivity index (χ0) is 18.6. The summed E-state index contributed by atoms with van der Waals surface area (Å²) in [5.41, 5.74) is 0.811. The number of nitrogens with one attached hydrogen (secondary N) is 2. The third-order valence-corrected chi connectivity index (χ3v) is 5.53. The molecule has 1 aliphatic carbocycles. The van der Waals surface area contributed by atoms with Crippen LogP contribution < -0.4 is 10.6 Å². The van der Waals surface area contributed by atoms with Gasteiger partial charge >= 0.3 is 0 Å². The third kappa shape index (κ3) is 6.95. The summed E-state index contributed by atoms with van der Waals surface area (Å²) in [6.45, 7) is 15.0. The van der Waals surface area contributed by atoms with E-state index in [1.165, 1.54) is 45.2 Å². The fraction of sp³-hybridized carbons (Fsp3) is 1.00. The van der Waals surface area contributed by atoms with Gasteiger partial charge in [-0.05, 0) is 56.5 Å². The molecule has 3 aliphatic rings. The Labute approximate surface area is 149 Å². The number of rotatable bonds is 2. The van der Waals surface area contributed by atoms with Gasteiger partial charge in [-0.1, -0.05) is 48.0 Å². The topological polar surface area (TPSA) is 24.1 Å². The molecule has 24 heavy (non-hydrogen) atoms. The van der Waals surface area contributed by atoms with Crippen LogP contribution in [0.15, 0.2) is 0 Å². The maximum absolute atomic E-state index is 12.5.